The van der Waals surface area contributed by atoms with Crippen LogP contribution in [-0.2, 0) is 4.79 Å². The summed E-state index contributed by atoms with van der Waals surface area (Å²) in [4.78, 5) is 25.3. The van der Waals surface area contributed by atoms with Crippen LogP contribution in [0.1, 0.15) is 31.1 Å². The zero-order valence-electron chi connectivity index (χ0n) is 13.1. The molecule has 1 aromatic carbocycles. The van der Waals surface area contributed by atoms with E-state index in [9.17, 15) is 14.7 Å². The fraction of sp³-hybridized carbons (Fsp3) is 0.467. The van der Waals surface area contributed by atoms with E-state index in [1.54, 1.807) is 0 Å². The SMILES string of the molecule is CCN(CC)CCNC(=O)c1cc(Cl)c(NC(C)=O)cc1O. The van der Waals surface area contributed by atoms with Crippen molar-refractivity contribution >= 4 is 29.1 Å². The Morgan fingerprint density at radius 3 is 2.45 bits per heavy atom. The molecule has 0 aliphatic carbocycles. The lowest BCUT2D eigenvalue weighted by molar-refractivity contribution is -0.114. The second-order valence-electron chi connectivity index (χ2n) is 4.81. The topological polar surface area (TPSA) is 81.7 Å². The van der Waals surface area contributed by atoms with Gasteiger partial charge in [0.25, 0.3) is 5.91 Å². The molecule has 1 aromatic rings. The first-order valence-electron chi connectivity index (χ1n) is 7.19. The Bertz CT molecular complexity index is 545. The van der Waals surface area contributed by atoms with Crippen molar-refractivity contribution in [1.29, 1.82) is 0 Å². The van der Waals surface area contributed by atoms with E-state index < -0.39 is 5.91 Å². The first-order valence-corrected chi connectivity index (χ1v) is 7.57. The van der Waals surface area contributed by atoms with E-state index in [0.717, 1.165) is 19.6 Å². The standard InChI is InChI=1S/C15H22ClN3O3/c1-4-19(5-2)7-6-17-15(22)11-8-12(16)13(9-14(11)21)18-10(3)20/h8-9,21H,4-7H2,1-3H3,(H,17,22)(H,18,20). The third kappa shape index (κ3) is 5.20. The van der Waals surface area contributed by atoms with Gasteiger partial charge in [0.15, 0.2) is 0 Å². The van der Waals surface area contributed by atoms with E-state index in [1.165, 1.54) is 19.1 Å². The number of phenolic OH excluding ortho intramolecular Hbond substituents is 1. The van der Waals surface area contributed by atoms with Gasteiger partial charge in [-0.3, -0.25) is 9.59 Å². The summed E-state index contributed by atoms with van der Waals surface area (Å²) in [5, 5.41) is 15.3. The number of phenols is 1. The molecule has 122 valence electrons. The number of nitrogens with one attached hydrogen (secondary N) is 2. The molecule has 0 aliphatic heterocycles. The number of anilines is 1. The fourth-order valence-corrected chi connectivity index (χ4v) is 2.20. The molecule has 0 radical (unpaired) electrons. The van der Waals surface area contributed by atoms with Gasteiger partial charge in [0.1, 0.15) is 5.75 Å². The molecule has 0 saturated carbocycles. The number of hydrogen-bond donors (Lipinski definition) is 3. The minimum absolute atomic E-state index is 0.0821. The molecule has 0 atom stereocenters. The Kier molecular flexibility index (Phi) is 7.14. The van der Waals surface area contributed by atoms with Crippen LogP contribution in [0.2, 0.25) is 5.02 Å². The number of aromatic hydroxyl groups is 1. The zero-order valence-corrected chi connectivity index (χ0v) is 13.8. The monoisotopic (exact) mass is 327 g/mol. The van der Waals surface area contributed by atoms with Crippen LogP contribution in [0.4, 0.5) is 5.69 Å². The molecule has 7 heteroatoms. The minimum atomic E-state index is -0.402. The fourth-order valence-electron chi connectivity index (χ4n) is 1.99. The molecule has 0 aliphatic rings. The Labute approximate surface area is 135 Å². The van der Waals surface area contributed by atoms with Crippen molar-refractivity contribution in [2.45, 2.75) is 20.8 Å². The molecule has 0 spiro atoms. The molecule has 1 rings (SSSR count). The highest BCUT2D eigenvalue weighted by Crippen LogP contribution is 2.30. The van der Waals surface area contributed by atoms with Crippen LogP contribution in [-0.4, -0.2) is 48.0 Å². The number of carbonyl (C=O) groups is 2. The highest BCUT2D eigenvalue weighted by molar-refractivity contribution is 6.34. The van der Waals surface area contributed by atoms with Gasteiger partial charge in [-0.25, -0.2) is 0 Å². The van der Waals surface area contributed by atoms with Gasteiger partial charge in [-0.15, -0.1) is 0 Å². The third-order valence-electron chi connectivity index (χ3n) is 3.25. The van der Waals surface area contributed by atoms with E-state index >= 15 is 0 Å². The van der Waals surface area contributed by atoms with Gasteiger partial charge in [-0.05, 0) is 19.2 Å². The van der Waals surface area contributed by atoms with Gasteiger partial charge < -0.3 is 20.6 Å². The summed E-state index contributed by atoms with van der Waals surface area (Å²) in [6.45, 7) is 8.47. The van der Waals surface area contributed by atoms with Crippen LogP contribution in [0.25, 0.3) is 0 Å². The van der Waals surface area contributed by atoms with E-state index in [4.69, 9.17) is 11.6 Å². The number of likely N-dealkylation sites (N-methyl/N-ethyl adjacent to an activating group) is 1. The van der Waals surface area contributed by atoms with E-state index in [0.29, 0.717) is 6.54 Å². The number of amides is 2. The van der Waals surface area contributed by atoms with Crippen LogP contribution in [0.3, 0.4) is 0 Å². The normalized spacial score (nSPS) is 10.6. The quantitative estimate of drug-likeness (QED) is 0.716. The number of rotatable bonds is 7. The lowest BCUT2D eigenvalue weighted by Gasteiger charge is -2.18. The number of carbonyl (C=O) groups excluding carboxylic acids is 2. The number of benzene rings is 1. The Hall–Kier alpha value is -1.79. The summed E-state index contributed by atoms with van der Waals surface area (Å²) < 4.78 is 0. The number of halogens is 1. The van der Waals surface area contributed by atoms with Crippen molar-refractivity contribution in [3.8, 4) is 5.75 Å². The maximum atomic E-state index is 12.1. The van der Waals surface area contributed by atoms with Crippen molar-refractivity contribution < 1.29 is 14.7 Å². The molecule has 0 fully saturated rings. The minimum Gasteiger partial charge on any atom is -0.507 e. The van der Waals surface area contributed by atoms with Crippen molar-refractivity contribution in [3.05, 3.63) is 22.7 Å². The number of nitrogens with zero attached hydrogens (tertiary/aromatic N) is 1. The average Bonchev–Trinajstić information content (AvgIpc) is 2.46. The Morgan fingerprint density at radius 2 is 1.91 bits per heavy atom. The first-order chi connectivity index (χ1) is 10.4. The van der Waals surface area contributed by atoms with Gasteiger partial charge in [0, 0.05) is 26.1 Å². The van der Waals surface area contributed by atoms with Gasteiger partial charge >= 0.3 is 0 Å². The number of hydrogen-bond acceptors (Lipinski definition) is 4. The molecule has 0 bridgehead atoms. The van der Waals surface area contributed by atoms with Crippen LogP contribution in [0.15, 0.2) is 12.1 Å². The Morgan fingerprint density at radius 1 is 1.27 bits per heavy atom. The largest absolute Gasteiger partial charge is 0.507 e. The molecule has 2 amide bonds. The summed E-state index contributed by atoms with van der Waals surface area (Å²) >= 11 is 6.00. The maximum Gasteiger partial charge on any atom is 0.255 e. The smallest absolute Gasteiger partial charge is 0.255 e. The van der Waals surface area contributed by atoms with Crippen molar-refractivity contribution in [3.63, 3.8) is 0 Å². The third-order valence-corrected chi connectivity index (χ3v) is 3.56. The van der Waals surface area contributed by atoms with Crippen LogP contribution >= 0.6 is 11.6 Å². The van der Waals surface area contributed by atoms with Gasteiger partial charge in [0.05, 0.1) is 16.3 Å². The summed E-state index contributed by atoms with van der Waals surface area (Å²) in [5.74, 6) is -0.938. The lowest BCUT2D eigenvalue weighted by Crippen LogP contribution is -2.34. The van der Waals surface area contributed by atoms with Crippen LogP contribution < -0.4 is 10.6 Å². The van der Waals surface area contributed by atoms with E-state index in [-0.39, 0.29) is 27.9 Å². The predicted octanol–water partition coefficient (Wildman–Crippen LogP) is 2.08. The first kappa shape index (κ1) is 18.3. The molecule has 0 unspecified atom stereocenters. The predicted molar refractivity (Wildman–Crippen MR) is 87.5 cm³/mol. The molecule has 3 N–H and O–H groups in total. The molecule has 0 saturated heterocycles. The summed E-state index contributed by atoms with van der Waals surface area (Å²) in [6.07, 6.45) is 0. The van der Waals surface area contributed by atoms with Crippen LogP contribution in [0.5, 0.6) is 5.75 Å². The molecular formula is C15H22ClN3O3. The summed E-state index contributed by atoms with van der Waals surface area (Å²) in [5.41, 5.74) is 0.352. The molecule has 0 heterocycles. The molecule has 0 aromatic heterocycles. The van der Waals surface area contributed by atoms with Crippen molar-refractivity contribution in [2.24, 2.45) is 0 Å². The lowest BCUT2D eigenvalue weighted by atomic mass is 10.1. The highest BCUT2D eigenvalue weighted by Gasteiger charge is 2.15. The summed E-state index contributed by atoms with van der Waals surface area (Å²) in [6, 6.07) is 2.61. The molecule has 6 nitrogen and oxygen atoms in total. The average molecular weight is 328 g/mol. The second kappa shape index (κ2) is 8.60. The van der Waals surface area contributed by atoms with E-state index in [2.05, 4.69) is 29.4 Å². The molecular weight excluding hydrogens is 306 g/mol. The van der Waals surface area contributed by atoms with Gasteiger partial charge in [-0.2, -0.15) is 0 Å². The van der Waals surface area contributed by atoms with Crippen molar-refractivity contribution in [1.82, 2.24) is 10.2 Å². The second-order valence-corrected chi connectivity index (χ2v) is 5.22. The molecule has 22 heavy (non-hydrogen) atoms. The van der Waals surface area contributed by atoms with Gasteiger partial charge in [0.2, 0.25) is 5.91 Å². The maximum absolute atomic E-state index is 12.1. The summed E-state index contributed by atoms with van der Waals surface area (Å²) in [7, 11) is 0. The van der Waals surface area contributed by atoms with Gasteiger partial charge in [-0.1, -0.05) is 25.4 Å². The zero-order chi connectivity index (χ0) is 16.7. The van der Waals surface area contributed by atoms with Crippen molar-refractivity contribution in [2.75, 3.05) is 31.5 Å². The highest BCUT2D eigenvalue weighted by atomic mass is 35.5. The van der Waals surface area contributed by atoms with Crippen LogP contribution in [0, 0.1) is 0 Å². The van der Waals surface area contributed by atoms with E-state index in [1.807, 2.05) is 0 Å². The Balaban J connectivity index is 2.73.